The van der Waals surface area contributed by atoms with Crippen LogP contribution >= 0.6 is 11.6 Å². The quantitative estimate of drug-likeness (QED) is 0.702. The minimum atomic E-state index is -0.564. The standard InChI is InChI=1S/C20H15ClN4O2/c1-13-15(9-22)19(26)25(12-14-5-4-8-23-10-14)20(27)16(13)11-24-18-7-3-2-6-17(18)21/h2-8,10-11,27H,12H2,1H3. The van der Waals surface area contributed by atoms with Crippen LogP contribution in [0.15, 0.2) is 58.6 Å². The molecule has 0 bridgehead atoms. The van der Waals surface area contributed by atoms with Gasteiger partial charge in [-0.1, -0.05) is 29.8 Å². The van der Waals surface area contributed by atoms with E-state index in [1.165, 1.54) is 6.21 Å². The molecule has 0 aliphatic heterocycles. The average Bonchev–Trinajstić information content (AvgIpc) is 2.67. The highest BCUT2D eigenvalue weighted by molar-refractivity contribution is 6.33. The molecular weight excluding hydrogens is 364 g/mol. The summed E-state index contributed by atoms with van der Waals surface area (Å²) in [6, 6.07) is 12.4. The molecule has 0 spiro atoms. The van der Waals surface area contributed by atoms with Crippen LogP contribution in [0.1, 0.15) is 22.3 Å². The summed E-state index contributed by atoms with van der Waals surface area (Å²) < 4.78 is 1.14. The average molecular weight is 379 g/mol. The van der Waals surface area contributed by atoms with E-state index in [4.69, 9.17) is 11.6 Å². The first-order valence-corrected chi connectivity index (χ1v) is 8.44. The molecule has 0 aliphatic rings. The topological polar surface area (TPSA) is 91.3 Å². The number of aromatic nitrogens is 2. The maximum Gasteiger partial charge on any atom is 0.271 e. The van der Waals surface area contributed by atoms with Gasteiger partial charge in [-0.2, -0.15) is 5.26 Å². The first-order chi connectivity index (χ1) is 13.0. The Labute approximate surface area is 160 Å². The first kappa shape index (κ1) is 18.4. The van der Waals surface area contributed by atoms with Gasteiger partial charge in [-0.15, -0.1) is 0 Å². The van der Waals surface area contributed by atoms with Gasteiger partial charge in [-0.3, -0.25) is 19.3 Å². The van der Waals surface area contributed by atoms with Gasteiger partial charge >= 0.3 is 0 Å². The Morgan fingerprint density at radius 2 is 2.11 bits per heavy atom. The van der Waals surface area contributed by atoms with Gasteiger partial charge in [-0.25, -0.2) is 0 Å². The Hall–Kier alpha value is -3.43. The molecule has 6 nitrogen and oxygen atoms in total. The van der Waals surface area contributed by atoms with Gasteiger partial charge in [0.15, 0.2) is 0 Å². The summed E-state index contributed by atoms with van der Waals surface area (Å²) in [6.07, 6.45) is 4.62. The van der Waals surface area contributed by atoms with Crippen molar-refractivity contribution >= 4 is 23.5 Å². The lowest BCUT2D eigenvalue weighted by atomic mass is 10.1. The number of aromatic hydroxyl groups is 1. The second kappa shape index (κ2) is 7.85. The molecule has 134 valence electrons. The van der Waals surface area contributed by atoms with Crippen molar-refractivity contribution in [3.05, 3.63) is 86.4 Å². The molecule has 0 unspecified atom stereocenters. The van der Waals surface area contributed by atoms with Gasteiger partial charge in [0.1, 0.15) is 11.6 Å². The van der Waals surface area contributed by atoms with Crippen molar-refractivity contribution in [2.45, 2.75) is 13.5 Å². The summed E-state index contributed by atoms with van der Waals surface area (Å²) in [7, 11) is 0. The van der Waals surface area contributed by atoms with Crippen molar-refractivity contribution in [2.75, 3.05) is 0 Å². The molecule has 0 radical (unpaired) electrons. The van der Waals surface area contributed by atoms with Crippen LogP contribution in [0.4, 0.5) is 5.69 Å². The Morgan fingerprint density at radius 3 is 2.78 bits per heavy atom. The molecule has 2 heterocycles. The molecule has 27 heavy (non-hydrogen) atoms. The molecule has 0 amide bonds. The molecule has 1 aromatic carbocycles. The maximum absolute atomic E-state index is 12.6. The molecule has 0 fully saturated rings. The lowest BCUT2D eigenvalue weighted by Crippen LogP contribution is -2.26. The SMILES string of the molecule is Cc1c(C=Nc2ccccc2Cl)c(O)n(Cc2cccnc2)c(=O)c1C#N. The predicted octanol–water partition coefficient (Wildman–Crippen LogP) is 3.58. The van der Waals surface area contributed by atoms with Crippen LogP contribution < -0.4 is 5.56 Å². The third-order valence-electron chi connectivity index (χ3n) is 4.10. The van der Waals surface area contributed by atoms with Crippen LogP contribution in [0.3, 0.4) is 0 Å². The minimum absolute atomic E-state index is 0.0442. The van der Waals surface area contributed by atoms with Gasteiger partial charge in [0, 0.05) is 18.6 Å². The lowest BCUT2D eigenvalue weighted by Gasteiger charge is -2.14. The van der Waals surface area contributed by atoms with Crippen molar-refractivity contribution < 1.29 is 5.11 Å². The number of nitrogens with zero attached hydrogens (tertiary/aromatic N) is 4. The van der Waals surface area contributed by atoms with Gasteiger partial charge in [-0.05, 0) is 36.2 Å². The zero-order valence-corrected chi connectivity index (χ0v) is 15.2. The van der Waals surface area contributed by atoms with Crippen LogP contribution in [-0.2, 0) is 6.54 Å². The second-order valence-electron chi connectivity index (χ2n) is 5.81. The van der Waals surface area contributed by atoms with Crippen LogP contribution in [0.2, 0.25) is 5.02 Å². The summed E-state index contributed by atoms with van der Waals surface area (Å²) in [5.74, 6) is -0.267. The van der Waals surface area contributed by atoms with E-state index in [0.717, 1.165) is 10.1 Å². The van der Waals surface area contributed by atoms with Gasteiger partial charge < -0.3 is 5.11 Å². The predicted molar refractivity (Wildman–Crippen MR) is 104 cm³/mol. The number of para-hydroxylation sites is 1. The van der Waals surface area contributed by atoms with E-state index in [1.54, 1.807) is 55.7 Å². The van der Waals surface area contributed by atoms with Gasteiger partial charge in [0.2, 0.25) is 5.88 Å². The van der Waals surface area contributed by atoms with Crippen molar-refractivity contribution in [1.29, 1.82) is 5.26 Å². The molecule has 0 saturated carbocycles. The van der Waals surface area contributed by atoms with E-state index >= 15 is 0 Å². The van der Waals surface area contributed by atoms with E-state index in [0.29, 0.717) is 16.3 Å². The fraction of sp³-hybridized carbons (Fsp3) is 0.100. The number of benzene rings is 1. The van der Waals surface area contributed by atoms with E-state index in [2.05, 4.69) is 9.98 Å². The van der Waals surface area contributed by atoms with Crippen LogP contribution in [0, 0.1) is 18.3 Å². The summed E-state index contributed by atoms with van der Waals surface area (Å²) in [6.45, 7) is 1.68. The molecule has 3 rings (SSSR count). The Morgan fingerprint density at radius 1 is 1.33 bits per heavy atom. The van der Waals surface area contributed by atoms with Crippen molar-refractivity contribution in [1.82, 2.24) is 9.55 Å². The molecule has 1 N–H and O–H groups in total. The van der Waals surface area contributed by atoms with Crippen LogP contribution in [0.5, 0.6) is 5.88 Å². The monoisotopic (exact) mass is 378 g/mol. The Kier molecular flexibility index (Phi) is 5.34. The van der Waals surface area contributed by atoms with Gasteiger partial charge in [0.25, 0.3) is 5.56 Å². The number of rotatable bonds is 4. The highest BCUT2D eigenvalue weighted by Crippen LogP contribution is 2.26. The van der Waals surface area contributed by atoms with E-state index < -0.39 is 5.56 Å². The summed E-state index contributed by atoms with van der Waals surface area (Å²) >= 11 is 6.10. The van der Waals surface area contributed by atoms with E-state index in [9.17, 15) is 15.2 Å². The second-order valence-corrected chi connectivity index (χ2v) is 6.22. The molecule has 7 heteroatoms. The maximum atomic E-state index is 12.6. The van der Waals surface area contributed by atoms with Crippen molar-refractivity contribution in [3.8, 4) is 11.9 Å². The largest absolute Gasteiger partial charge is 0.494 e. The highest BCUT2D eigenvalue weighted by atomic mass is 35.5. The summed E-state index contributed by atoms with van der Waals surface area (Å²) in [5.41, 5.74) is 1.27. The first-order valence-electron chi connectivity index (χ1n) is 8.07. The van der Waals surface area contributed by atoms with E-state index in [1.807, 2.05) is 6.07 Å². The Balaban J connectivity index is 2.14. The normalized spacial score (nSPS) is 10.9. The third-order valence-corrected chi connectivity index (χ3v) is 4.41. The molecule has 3 aromatic rings. The summed E-state index contributed by atoms with van der Waals surface area (Å²) in [5, 5.41) is 20.6. The lowest BCUT2D eigenvalue weighted by molar-refractivity contribution is 0.413. The molecular formula is C20H15ClN4O2. The zero-order chi connectivity index (χ0) is 19.4. The fourth-order valence-corrected chi connectivity index (χ4v) is 2.82. The smallest absolute Gasteiger partial charge is 0.271 e. The van der Waals surface area contributed by atoms with Crippen LogP contribution in [0.25, 0.3) is 0 Å². The molecule has 2 aromatic heterocycles. The zero-order valence-electron chi connectivity index (χ0n) is 14.4. The Bertz CT molecular complexity index is 1120. The summed E-state index contributed by atoms with van der Waals surface area (Å²) in [4.78, 5) is 20.9. The number of aliphatic imine (C=N–C) groups is 1. The third kappa shape index (κ3) is 3.73. The number of halogens is 1. The fourth-order valence-electron chi connectivity index (χ4n) is 2.64. The van der Waals surface area contributed by atoms with E-state index in [-0.39, 0.29) is 23.6 Å². The number of pyridine rings is 2. The minimum Gasteiger partial charge on any atom is -0.494 e. The van der Waals surface area contributed by atoms with Gasteiger partial charge in [0.05, 0.1) is 22.8 Å². The van der Waals surface area contributed by atoms with Crippen LogP contribution in [-0.4, -0.2) is 20.9 Å². The highest BCUT2D eigenvalue weighted by Gasteiger charge is 2.18. The number of hydrogen-bond acceptors (Lipinski definition) is 5. The number of hydrogen-bond donors (Lipinski definition) is 1. The molecule has 0 atom stereocenters. The number of nitriles is 1. The molecule has 0 aliphatic carbocycles. The molecule has 0 saturated heterocycles. The van der Waals surface area contributed by atoms with Crippen molar-refractivity contribution in [3.63, 3.8) is 0 Å². The van der Waals surface area contributed by atoms with Crippen molar-refractivity contribution in [2.24, 2.45) is 4.99 Å².